The maximum atomic E-state index is 12.7. The first-order valence-electron chi connectivity index (χ1n) is 22.9. The molecule has 0 aromatic carbocycles. The highest BCUT2D eigenvalue weighted by Crippen LogP contribution is 2.68. The topological polar surface area (TPSA) is 54.4 Å². The van der Waals surface area contributed by atoms with Gasteiger partial charge in [0.05, 0.1) is 6.10 Å². The van der Waals surface area contributed by atoms with Crippen molar-refractivity contribution in [3.63, 3.8) is 0 Å². The monoisotopic (exact) mass is 727 g/mol. The van der Waals surface area contributed by atoms with Crippen LogP contribution >= 0.6 is 0 Å². The zero-order valence-electron chi connectivity index (χ0n) is 35.6. The number of aliphatic hydroxyl groups is 1. The number of hydrogen-bond donors (Lipinski definition) is 1. The molecule has 8 rings (SSSR count). The molecule has 14 atom stereocenters. The molecule has 3 nitrogen and oxygen atoms in total. The minimum atomic E-state index is -0.122. The summed E-state index contributed by atoms with van der Waals surface area (Å²) in [6.45, 7) is 21.6. The van der Waals surface area contributed by atoms with E-state index in [1.165, 1.54) is 56.9 Å². The van der Waals surface area contributed by atoms with Gasteiger partial charge in [0, 0.05) is 24.2 Å². The summed E-state index contributed by atoms with van der Waals surface area (Å²) in [5.74, 6) is 8.00. The van der Waals surface area contributed by atoms with Crippen LogP contribution in [0.4, 0.5) is 0 Å². The fraction of sp³-hybridized carbons (Fsp3) is 0.840. The lowest BCUT2D eigenvalue weighted by Gasteiger charge is -2.58. The van der Waals surface area contributed by atoms with Crippen LogP contribution in [-0.4, -0.2) is 22.8 Å². The van der Waals surface area contributed by atoms with Crippen LogP contribution in [0.2, 0.25) is 0 Å². The lowest BCUT2D eigenvalue weighted by atomic mass is 9.46. The van der Waals surface area contributed by atoms with Crippen LogP contribution < -0.4 is 0 Å². The molecule has 8 aliphatic carbocycles. The van der Waals surface area contributed by atoms with E-state index in [1.807, 2.05) is 5.57 Å². The van der Waals surface area contributed by atoms with E-state index >= 15 is 0 Å². The molecule has 0 aromatic heterocycles. The summed E-state index contributed by atoms with van der Waals surface area (Å²) >= 11 is 0. The van der Waals surface area contributed by atoms with Gasteiger partial charge in [-0.15, -0.1) is 0 Å². The van der Waals surface area contributed by atoms with Crippen LogP contribution in [0.1, 0.15) is 178 Å². The van der Waals surface area contributed by atoms with Crippen molar-refractivity contribution >= 4 is 11.6 Å². The van der Waals surface area contributed by atoms with E-state index in [1.54, 1.807) is 5.57 Å². The molecular formula is C50H78O3. The van der Waals surface area contributed by atoms with Crippen LogP contribution in [0.3, 0.4) is 0 Å². The number of rotatable bonds is 6. The Labute approximate surface area is 325 Å². The summed E-state index contributed by atoms with van der Waals surface area (Å²) in [4.78, 5) is 25.0. The molecule has 0 amide bonds. The lowest BCUT2D eigenvalue weighted by Crippen LogP contribution is -2.52. The van der Waals surface area contributed by atoms with E-state index in [4.69, 9.17) is 0 Å². The summed E-state index contributed by atoms with van der Waals surface area (Å²) < 4.78 is 0. The average Bonchev–Trinajstić information content (AvgIpc) is 3.64. The van der Waals surface area contributed by atoms with Crippen LogP contribution in [0.25, 0.3) is 0 Å². The van der Waals surface area contributed by atoms with Crippen molar-refractivity contribution in [2.45, 2.75) is 184 Å². The number of aliphatic hydroxyl groups excluding tert-OH is 1. The Morgan fingerprint density at radius 1 is 0.811 bits per heavy atom. The van der Waals surface area contributed by atoms with Crippen molar-refractivity contribution < 1.29 is 14.7 Å². The van der Waals surface area contributed by atoms with Gasteiger partial charge in [0.2, 0.25) is 0 Å². The van der Waals surface area contributed by atoms with Crippen LogP contribution in [0, 0.1) is 80.8 Å². The first kappa shape index (κ1) is 39.7. The summed E-state index contributed by atoms with van der Waals surface area (Å²) in [5.41, 5.74) is 6.15. The molecule has 296 valence electrons. The molecule has 0 radical (unpaired) electrons. The Morgan fingerprint density at radius 3 is 2.25 bits per heavy atom. The zero-order chi connectivity index (χ0) is 38.1. The number of carbonyl (C=O) groups excluding carboxylic acids is 2. The molecule has 0 spiro atoms. The van der Waals surface area contributed by atoms with E-state index < -0.39 is 0 Å². The molecule has 6 saturated carbocycles. The SMILES string of the molecule is C/C=C(/CC[C@@H](C)[C@H]1CC[C@H]2C3=CCC4[C@@H](CC)C(=O)CC[C@]4(C)[C@H]3CC[C@]12C)C(C)C.C[C@]12CC[C@H](O)CC1=CC[C@@H]1[C@@H]2CC[C@]2(C)C(=O)CC[C@@H]12. The van der Waals surface area contributed by atoms with Gasteiger partial charge in [-0.2, -0.15) is 0 Å². The molecule has 0 heterocycles. The first-order valence-corrected chi connectivity index (χ1v) is 22.9. The van der Waals surface area contributed by atoms with E-state index in [9.17, 15) is 14.7 Å². The first-order chi connectivity index (χ1) is 25.1. The number of allylic oxidation sites excluding steroid dienone is 5. The maximum absolute atomic E-state index is 12.7. The van der Waals surface area contributed by atoms with Gasteiger partial charge in [-0.3, -0.25) is 9.59 Å². The number of Topliss-reactive ketones (excluding diaryl/α,β-unsaturated/α-hetero) is 2. The normalized spacial score (nSPS) is 46.8. The Bertz CT molecular complexity index is 1500. The van der Waals surface area contributed by atoms with Crippen molar-refractivity contribution in [3.05, 3.63) is 34.9 Å². The zero-order valence-corrected chi connectivity index (χ0v) is 35.6. The quantitative estimate of drug-likeness (QED) is 0.277. The molecule has 1 unspecified atom stereocenters. The second-order valence-corrected chi connectivity index (χ2v) is 21.5. The Morgan fingerprint density at radius 2 is 1.53 bits per heavy atom. The summed E-state index contributed by atoms with van der Waals surface area (Å²) in [6, 6.07) is 0. The van der Waals surface area contributed by atoms with Crippen molar-refractivity contribution in [2.24, 2.45) is 80.8 Å². The van der Waals surface area contributed by atoms with Gasteiger partial charge < -0.3 is 5.11 Å². The largest absolute Gasteiger partial charge is 0.393 e. The number of hydrogen-bond acceptors (Lipinski definition) is 3. The molecule has 0 bridgehead atoms. The van der Waals surface area contributed by atoms with Crippen LogP contribution in [0.15, 0.2) is 34.9 Å². The maximum Gasteiger partial charge on any atom is 0.139 e. The fourth-order valence-electron chi connectivity index (χ4n) is 15.8. The highest BCUT2D eigenvalue weighted by molar-refractivity contribution is 5.87. The third-order valence-electron chi connectivity index (χ3n) is 19.2. The summed E-state index contributed by atoms with van der Waals surface area (Å²) in [5, 5.41) is 10.00. The predicted molar refractivity (Wildman–Crippen MR) is 219 cm³/mol. The van der Waals surface area contributed by atoms with Crippen LogP contribution in [-0.2, 0) is 9.59 Å². The minimum absolute atomic E-state index is 0.0168. The highest BCUT2D eigenvalue weighted by Gasteiger charge is 2.60. The molecule has 3 heteroatoms. The second kappa shape index (κ2) is 14.8. The second-order valence-electron chi connectivity index (χ2n) is 21.5. The van der Waals surface area contributed by atoms with Gasteiger partial charge >= 0.3 is 0 Å². The van der Waals surface area contributed by atoms with Crippen molar-refractivity contribution in [1.82, 2.24) is 0 Å². The van der Waals surface area contributed by atoms with Gasteiger partial charge in [-0.25, -0.2) is 0 Å². The highest BCUT2D eigenvalue weighted by atomic mass is 16.3. The third-order valence-corrected chi connectivity index (χ3v) is 19.2. The molecule has 6 fully saturated rings. The number of ketones is 2. The molecular weight excluding hydrogens is 649 g/mol. The van der Waals surface area contributed by atoms with Gasteiger partial charge in [0.1, 0.15) is 11.6 Å². The Hall–Kier alpha value is -1.48. The predicted octanol–water partition coefficient (Wildman–Crippen LogP) is 12.7. The van der Waals surface area contributed by atoms with E-state index in [-0.39, 0.29) is 11.5 Å². The van der Waals surface area contributed by atoms with E-state index in [2.05, 4.69) is 80.5 Å². The molecule has 0 aliphatic heterocycles. The molecule has 1 N–H and O–H groups in total. The summed E-state index contributed by atoms with van der Waals surface area (Å²) in [6.07, 6.45) is 28.2. The van der Waals surface area contributed by atoms with E-state index in [0.29, 0.717) is 57.4 Å². The minimum Gasteiger partial charge on any atom is -0.393 e. The Balaban J connectivity index is 0.000000178. The smallest absolute Gasteiger partial charge is 0.139 e. The van der Waals surface area contributed by atoms with Crippen LogP contribution in [0.5, 0.6) is 0 Å². The molecule has 8 aliphatic rings. The fourth-order valence-corrected chi connectivity index (χ4v) is 15.8. The van der Waals surface area contributed by atoms with Gasteiger partial charge in [0.15, 0.2) is 0 Å². The number of fused-ring (bicyclic) bond motifs is 10. The van der Waals surface area contributed by atoms with Gasteiger partial charge in [-0.1, -0.05) is 90.3 Å². The summed E-state index contributed by atoms with van der Waals surface area (Å²) in [7, 11) is 0. The van der Waals surface area contributed by atoms with Gasteiger partial charge in [0.25, 0.3) is 0 Å². The molecule has 0 aromatic rings. The van der Waals surface area contributed by atoms with Crippen molar-refractivity contribution in [2.75, 3.05) is 0 Å². The average molecular weight is 727 g/mol. The molecule has 53 heavy (non-hydrogen) atoms. The Kier molecular flexibility index (Phi) is 11.1. The van der Waals surface area contributed by atoms with Gasteiger partial charge in [-0.05, 0) is 179 Å². The number of carbonyl (C=O) groups is 2. The van der Waals surface area contributed by atoms with Crippen molar-refractivity contribution in [3.8, 4) is 0 Å². The third kappa shape index (κ3) is 6.48. The standard InChI is InChI=1S/C31H50O.C19H28O2/c1-8-22(20(3)4)11-10-21(5)25-14-15-27-24-12-13-26-23(9-2)29(32)17-19-31(26,7)28(24)16-18-30(25,27)6;1-18-9-7-13(20)11-12(18)3-4-14-15-5-6-17(21)19(15,2)10-8-16(14)18/h8,12,20-21,23,25-28H,9-11,13-19H2,1-7H3;3,13-16,20H,4-11H2,1-2H3/b22-8-;/t21-,23-,25-,26?,27+,28+,30-,31+;13-,14-,15-,16-,18-,19-/m10/s1. The lowest BCUT2D eigenvalue weighted by molar-refractivity contribution is -0.135. The van der Waals surface area contributed by atoms with E-state index in [0.717, 1.165) is 93.8 Å². The molecule has 0 saturated heterocycles. The van der Waals surface area contributed by atoms with Crippen molar-refractivity contribution in [1.29, 1.82) is 0 Å².